The standard InChI is InChI=1S/C21H26N2O5S/c1-16(17-6-4-3-5-7-17)15-22-21(24)19-14-18(8-9-20(19)27-2)29(25,26)23-10-12-28-13-11-23/h3-9,14,16H,10-13,15H2,1-2H3,(H,22,24)/t16-/m0/s1. The van der Waals surface area contributed by atoms with E-state index in [0.717, 1.165) is 5.56 Å². The lowest BCUT2D eigenvalue weighted by atomic mass is 10.0. The fourth-order valence-electron chi connectivity index (χ4n) is 3.20. The van der Waals surface area contributed by atoms with Gasteiger partial charge in [0.1, 0.15) is 5.75 Å². The monoisotopic (exact) mass is 418 g/mol. The second-order valence-electron chi connectivity index (χ2n) is 6.90. The summed E-state index contributed by atoms with van der Waals surface area (Å²) in [6.07, 6.45) is 0. The number of amides is 1. The van der Waals surface area contributed by atoms with E-state index in [9.17, 15) is 13.2 Å². The van der Waals surface area contributed by atoms with E-state index in [1.54, 1.807) is 0 Å². The van der Waals surface area contributed by atoms with Crippen LogP contribution in [0.4, 0.5) is 0 Å². The van der Waals surface area contributed by atoms with Gasteiger partial charge in [-0.25, -0.2) is 8.42 Å². The first kappa shape index (κ1) is 21.3. The van der Waals surface area contributed by atoms with Crippen molar-refractivity contribution in [2.24, 2.45) is 0 Å². The van der Waals surface area contributed by atoms with Crippen LogP contribution in [0, 0.1) is 0 Å². The highest BCUT2D eigenvalue weighted by Gasteiger charge is 2.28. The zero-order chi connectivity index (χ0) is 20.9. The predicted molar refractivity (Wildman–Crippen MR) is 110 cm³/mol. The lowest BCUT2D eigenvalue weighted by Gasteiger charge is -2.26. The Balaban J connectivity index is 1.78. The topological polar surface area (TPSA) is 84.9 Å². The number of carbonyl (C=O) groups is 1. The number of nitrogens with one attached hydrogen (secondary N) is 1. The third-order valence-electron chi connectivity index (χ3n) is 4.96. The highest BCUT2D eigenvalue weighted by Crippen LogP contribution is 2.25. The van der Waals surface area contributed by atoms with Gasteiger partial charge in [0.05, 0.1) is 30.8 Å². The van der Waals surface area contributed by atoms with Gasteiger partial charge < -0.3 is 14.8 Å². The number of hydrogen-bond donors (Lipinski definition) is 1. The van der Waals surface area contributed by atoms with E-state index in [1.807, 2.05) is 37.3 Å². The van der Waals surface area contributed by atoms with Crippen LogP contribution in [0.5, 0.6) is 5.75 Å². The fraction of sp³-hybridized carbons (Fsp3) is 0.381. The summed E-state index contributed by atoms with van der Waals surface area (Å²) in [6.45, 7) is 3.76. The molecule has 0 aromatic heterocycles. The molecule has 1 atom stereocenters. The maximum absolute atomic E-state index is 12.9. The maximum Gasteiger partial charge on any atom is 0.255 e. The van der Waals surface area contributed by atoms with Crippen LogP contribution >= 0.6 is 0 Å². The molecule has 1 N–H and O–H groups in total. The molecule has 156 valence electrons. The van der Waals surface area contributed by atoms with Gasteiger partial charge in [-0.15, -0.1) is 0 Å². The molecule has 0 bridgehead atoms. The molecule has 0 unspecified atom stereocenters. The molecule has 1 amide bonds. The smallest absolute Gasteiger partial charge is 0.255 e. The first-order valence-electron chi connectivity index (χ1n) is 9.52. The van der Waals surface area contributed by atoms with Crippen molar-refractivity contribution in [3.8, 4) is 5.75 Å². The van der Waals surface area contributed by atoms with Crippen molar-refractivity contribution in [3.05, 3.63) is 59.7 Å². The van der Waals surface area contributed by atoms with E-state index in [4.69, 9.17) is 9.47 Å². The normalized spacial score (nSPS) is 16.2. The molecule has 2 aromatic rings. The van der Waals surface area contributed by atoms with Crippen LogP contribution in [-0.4, -0.2) is 58.6 Å². The molecule has 7 nitrogen and oxygen atoms in total. The Morgan fingerprint density at radius 1 is 1.17 bits per heavy atom. The Labute approximate surface area is 171 Å². The van der Waals surface area contributed by atoms with Crippen molar-refractivity contribution in [2.75, 3.05) is 40.0 Å². The molecule has 1 aliphatic heterocycles. The van der Waals surface area contributed by atoms with Crippen LogP contribution in [-0.2, 0) is 14.8 Å². The summed E-state index contributed by atoms with van der Waals surface area (Å²) >= 11 is 0. The number of morpholine rings is 1. The van der Waals surface area contributed by atoms with Gasteiger partial charge in [-0.1, -0.05) is 37.3 Å². The van der Waals surface area contributed by atoms with Crippen molar-refractivity contribution in [3.63, 3.8) is 0 Å². The first-order chi connectivity index (χ1) is 13.9. The van der Waals surface area contributed by atoms with Gasteiger partial charge in [0.2, 0.25) is 10.0 Å². The number of nitrogens with zero attached hydrogens (tertiary/aromatic N) is 1. The number of ether oxygens (including phenoxy) is 2. The van der Waals surface area contributed by atoms with Crippen LogP contribution in [0.3, 0.4) is 0 Å². The summed E-state index contributed by atoms with van der Waals surface area (Å²) in [4.78, 5) is 12.9. The summed E-state index contributed by atoms with van der Waals surface area (Å²) in [5.41, 5.74) is 1.31. The number of sulfonamides is 1. The molecule has 0 spiro atoms. The number of hydrogen-bond acceptors (Lipinski definition) is 5. The van der Waals surface area contributed by atoms with E-state index >= 15 is 0 Å². The highest BCUT2D eigenvalue weighted by atomic mass is 32.2. The van der Waals surface area contributed by atoms with E-state index < -0.39 is 10.0 Å². The quantitative estimate of drug-likeness (QED) is 0.746. The molecule has 2 aromatic carbocycles. The van der Waals surface area contributed by atoms with Crippen molar-refractivity contribution < 1.29 is 22.7 Å². The first-order valence-corrected chi connectivity index (χ1v) is 11.0. The number of rotatable bonds is 7. The van der Waals surface area contributed by atoms with Crippen LogP contribution in [0.25, 0.3) is 0 Å². The molecule has 0 aliphatic carbocycles. The van der Waals surface area contributed by atoms with Crippen LogP contribution in [0.1, 0.15) is 28.8 Å². The zero-order valence-electron chi connectivity index (χ0n) is 16.6. The molecule has 1 saturated heterocycles. The number of carbonyl (C=O) groups excluding carboxylic acids is 1. The maximum atomic E-state index is 12.9. The molecule has 0 radical (unpaired) electrons. The minimum atomic E-state index is -3.70. The second-order valence-corrected chi connectivity index (χ2v) is 8.84. The average molecular weight is 419 g/mol. The van der Waals surface area contributed by atoms with E-state index in [-0.39, 0.29) is 22.3 Å². The van der Waals surface area contributed by atoms with Crippen LogP contribution in [0.15, 0.2) is 53.4 Å². The molecule has 29 heavy (non-hydrogen) atoms. The Morgan fingerprint density at radius 2 is 1.86 bits per heavy atom. The number of methoxy groups -OCH3 is 1. The van der Waals surface area contributed by atoms with Gasteiger partial charge in [0.25, 0.3) is 5.91 Å². The van der Waals surface area contributed by atoms with Gasteiger partial charge in [-0.2, -0.15) is 4.31 Å². The largest absolute Gasteiger partial charge is 0.496 e. The predicted octanol–water partition coefficient (Wildman–Crippen LogP) is 2.25. The summed E-state index contributed by atoms with van der Waals surface area (Å²) < 4.78 is 37.7. The minimum absolute atomic E-state index is 0.0708. The van der Waals surface area contributed by atoms with E-state index in [1.165, 1.54) is 29.6 Å². The van der Waals surface area contributed by atoms with Crippen molar-refractivity contribution in [1.82, 2.24) is 9.62 Å². The summed E-state index contributed by atoms with van der Waals surface area (Å²) in [6, 6.07) is 14.2. The average Bonchev–Trinajstić information content (AvgIpc) is 2.77. The van der Waals surface area contributed by atoms with Gasteiger partial charge in [0, 0.05) is 19.6 Å². The summed E-state index contributed by atoms with van der Waals surface area (Å²) in [5.74, 6) is 0.0749. The van der Waals surface area contributed by atoms with Crippen molar-refractivity contribution in [1.29, 1.82) is 0 Å². The van der Waals surface area contributed by atoms with Crippen molar-refractivity contribution in [2.45, 2.75) is 17.7 Å². The fourth-order valence-corrected chi connectivity index (χ4v) is 4.64. The SMILES string of the molecule is COc1ccc(S(=O)(=O)N2CCOCC2)cc1C(=O)NC[C@H](C)c1ccccc1. The molecule has 1 heterocycles. The highest BCUT2D eigenvalue weighted by molar-refractivity contribution is 7.89. The van der Waals surface area contributed by atoms with Crippen molar-refractivity contribution >= 4 is 15.9 Å². The Hall–Kier alpha value is -2.42. The van der Waals surface area contributed by atoms with Gasteiger partial charge in [-0.05, 0) is 29.7 Å². The Morgan fingerprint density at radius 3 is 2.52 bits per heavy atom. The molecule has 1 fully saturated rings. The molecular weight excluding hydrogens is 392 g/mol. The molecule has 8 heteroatoms. The second kappa shape index (κ2) is 9.39. The van der Waals surface area contributed by atoms with Crippen LogP contribution < -0.4 is 10.1 Å². The van der Waals surface area contributed by atoms with Gasteiger partial charge in [-0.3, -0.25) is 4.79 Å². The third-order valence-corrected chi connectivity index (χ3v) is 6.86. The third kappa shape index (κ3) is 4.95. The lowest BCUT2D eigenvalue weighted by Crippen LogP contribution is -2.40. The zero-order valence-corrected chi connectivity index (χ0v) is 17.4. The Bertz CT molecular complexity index is 941. The van der Waals surface area contributed by atoms with Gasteiger partial charge in [0.15, 0.2) is 0 Å². The molecule has 0 saturated carbocycles. The molecule has 3 rings (SSSR count). The minimum Gasteiger partial charge on any atom is -0.496 e. The lowest BCUT2D eigenvalue weighted by molar-refractivity contribution is 0.0730. The molecule has 1 aliphatic rings. The van der Waals surface area contributed by atoms with E-state index in [0.29, 0.717) is 38.6 Å². The van der Waals surface area contributed by atoms with Gasteiger partial charge >= 0.3 is 0 Å². The molecular formula is C21H26N2O5S. The summed E-state index contributed by atoms with van der Waals surface area (Å²) in [5, 5.41) is 2.88. The van der Waals surface area contributed by atoms with Crippen LogP contribution in [0.2, 0.25) is 0 Å². The Kier molecular flexibility index (Phi) is 6.89. The number of benzene rings is 2. The summed E-state index contributed by atoms with van der Waals surface area (Å²) in [7, 11) is -2.25. The van der Waals surface area contributed by atoms with E-state index in [2.05, 4.69) is 5.32 Å².